The second kappa shape index (κ2) is 8.85. The molecular weight excluding hydrogens is 464 g/mol. The predicted octanol–water partition coefficient (Wildman–Crippen LogP) is 5.86. The number of halogens is 1. The molecule has 0 fully saturated rings. The molecular formula is C26H25ClN6O2. The van der Waals surface area contributed by atoms with Gasteiger partial charge >= 0.3 is 0 Å². The third kappa shape index (κ3) is 4.53. The Labute approximate surface area is 207 Å². The van der Waals surface area contributed by atoms with Gasteiger partial charge in [-0.3, -0.25) is 9.79 Å². The molecule has 5 rings (SSSR count). The first-order valence-corrected chi connectivity index (χ1v) is 11.8. The van der Waals surface area contributed by atoms with Crippen LogP contribution in [0.3, 0.4) is 0 Å². The van der Waals surface area contributed by atoms with Crippen molar-refractivity contribution in [1.82, 2.24) is 25.1 Å². The summed E-state index contributed by atoms with van der Waals surface area (Å²) in [5, 5.41) is 4.41. The zero-order valence-electron chi connectivity index (χ0n) is 20.0. The van der Waals surface area contributed by atoms with Crippen LogP contribution in [0.25, 0.3) is 11.5 Å². The van der Waals surface area contributed by atoms with E-state index in [1.165, 1.54) is 17.5 Å². The van der Waals surface area contributed by atoms with Crippen molar-refractivity contribution in [2.45, 2.75) is 51.9 Å². The highest BCUT2D eigenvalue weighted by Crippen LogP contribution is 2.34. The van der Waals surface area contributed by atoms with E-state index in [0.29, 0.717) is 29.4 Å². The lowest BCUT2D eigenvalue weighted by atomic mass is 9.85. The van der Waals surface area contributed by atoms with Crippen molar-refractivity contribution in [1.29, 1.82) is 0 Å². The van der Waals surface area contributed by atoms with Crippen LogP contribution in [-0.2, 0) is 11.8 Å². The highest BCUT2D eigenvalue weighted by atomic mass is 35.5. The van der Waals surface area contributed by atoms with Gasteiger partial charge in [0.2, 0.25) is 0 Å². The number of nitrogens with one attached hydrogen (secondary N) is 1. The van der Waals surface area contributed by atoms with Gasteiger partial charge in [-0.05, 0) is 22.6 Å². The fraction of sp³-hybridized carbons (Fsp3) is 0.308. The van der Waals surface area contributed by atoms with Gasteiger partial charge in [-0.15, -0.1) is 0 Å². The van der Waals surface area contributed by atoms with Gasteiger partial charge in [-0.1, -0.05) is 56.6 Å². The molecule has 3 aromatic heterocycles. The number of aromatic amines is 1. The van der Waals surface area contributed by atoms with Crippen LogP contribution >= 0.6 is 11.6 Å². The van der Waals surface area contributed by atoms with E-state index in [4.69, 9.17) is 21.1 Å². The number of fused-ring (bicyclic) bond motifs is 1. The van der Waals surface area contributed by atoms with Crippen molar-refractivity contribution < 1.29 is 9.32 Å². The molecule has 0 saturated carbocycles. The lowest BCUT2D eigenvalue weighted by Crippen LogP contribution is -2.11. The molecule has 0 aliphatic carbocycles. The van der Waals surface area contributed by atoms with Crippen LogP contribution in [0.5, 0.6) is 0 Å². The van der Waals surface area contributed by atoms with Crippen LogP contribution in [0, 0.1) is 0 Å². The van der Waals surface area contributed by atoms with Gasteiger partial charge in [0, 0.05) is 37.2 Å². The molecule has 1 aliphatic heterocycles. The Balaban J connectivity index is 1.30. The molecule has 0 amide bonds. The lowest BCUT2D eigenvalue weighted by Gasteiger charge is -2.19. The quantitative estimate of drug-likeness (QED) is 0.340. The van der Waals surface area contributed by atoms with Crippen molar-refractivity contribution >= 4 is 28.8 Å². The summed E-state index contributed by atoms with van der Waals surface area (Å²) in [6.07, 6.45) is 5.43. The number of hydrogen-bond acceptors (Lipinski definition) is 7. The molecule has 8 nitrogen and oxygen atoms in total. The van der Waals surface area contributed by atoms with E-state index >= 15 is 0 Å². The Morgan fingerprint density at radius 1 is 1.20 bits per heavy atom. The highest BCUT2D eigenvalue weighted by Gasteiger charge is 2.25. The normalized spacial score (nSPS) is 14.0. The molecule has 1 aliphatic rings. The Morgan fingerprint density at radius 3 is 2.77 bits per heavy atom. The topological polar surface area (TPSA) is 110 Å². The maximum Gasteiger partial charge on any atom is 0.183 e. The van der Waals surface area contributed by atoms with Gasteiger partial charge in [0.05, 0.1) is 16.4 Å². The number of H-pyrrole nitrogens is 1. The number of carbonyl (C=O) groups excluding carboxylic acids is 1. The molecule has 4 heterocycles. The Kier molecular flexibility index (Phi) is 5.84. The minimum atomic E-state index is -0.223. The number of imidazole rings is 1. The molecule has 1 N–H and O–H groups in total. The van der Waals surface area contributed by atoms with Gasteiger partial charge in [0.15, 0.2) is 11.6 Å². The number of rotatable bonds is 6. The fourth-order valence-electron chi connectivity index (χ4n) is 4.07. The summed E-state index contributed by atoms with van der Waals surface area (Å²) in [7, 11) is 0. The van der Waals surface area contributed by atoms with Crippen LogP contribution < -0.4 is 0 Å². The number of Topliss-reactive ketones (excluding diaryl/α,β-unsaturated/α-hetero) is 1. The van der Waals surface area contributed by atoms with Gasteiger partial charge in [0.25, 0.3) is 0 Å². The number of ketones is 1. The summed E-state index contributed by atoms with van der Waals surface area (Å²) in [6.45, 7) is 8.51. The first-order chi connectivity index (χ1) is 16.7. The van der Waals surface area contributed by atoms with E-state index < -0.39 is 0 Å². The first kappa shape index (κ1) is 23.1. The number of hydrogen-bond donors (Lipinski definition) is 1. The SMILES string of the molecule is C[C@@H](CC(=O)c1ncnc(-c2ncc[nH]2)c1Cl)c1cc(C2=Nc3ccc(C(C)(C)C)cc3C2)no1. The maximum absolute atomic E-state index is 13.0. The minimum absolute atomic E-state index is 0.0755. The van der Waals surface area contributed by atoms with E-state index in [0.717, 1.165) is 11.4 Å². The number of carbonyl (C=O) groups is 1. The number of benzene rings is 1. The molecule has 0 saturated heterocycles. The molecule has 0 bridgehead atoms. The summed E-state index contributed by atoms with van der Waals surface area (Å²) in [5.74, 6) is 0.654. The molecule has 1 aromatic carbocycles. The third-order valence-electron chi connectivity index (χ3n) is 6.14. The Bertz CT molecular complexity index is 1430. The zero-order chi connectivity index (χ0) is 24.7. The molecule has 178 valence electrons. The third-order valence-corrected chi connectivity index (χ3v) is 6.49. The monoisotopic (exact) mass is 488 g/mol. The summed E-state index contributed by atoms with van der Waals surface area (Å²) < 4.78 is 5.60. The van der Waals surface area contributed by atoms with Gasteiger partial charge < -0.3 is 9.51 Å². The van der Waals surface area contributed by atoms with Crippen LogP contribution in [0.15, 0.2) is 52.5 Å². The Hall–Kier alpha value is -3.65. The standard InChI is InChI=1S/C26H25ClN6O2/c1-14(9-20(34)23-22(27)24(31-13-30-23)25-28-7-8-29-25)21-12-19(33-35-21)18-11-15-10-16(26(2,3)4)5-6-17(15)32-18/h5-8,10,12-14H,9,11H2,1-4H3,(H,28,29)/t14-/m0/s1. The zero-order valence-corrected chi connectivity index (χ0v) is 20.7. The van der Waals surface area contributed by atoms with Crippen LogP contribution in [0.4, 0.5) is 5.69 Å². The van der Waals surface area contributed by atoms with Gasteiger partial charge in [-0.2, -0.15) is 0 Å². The summed E-state index contributed by atoms with van der Waals surface area (Å²) >= 11 is 6.44. The summed E-state index contributed by atoms with van der Waals surface area (Å²) in [5.41, 5.74) is 5.60. The second-order valence-electron chi connectivity index (χ2n) is 9.79. The smallest absolute Gasteiger partial charge is 0.183 e. The fourth-order valence-corrected chi connectivity index (χ4v) is 4.37. The van der Waals surface area contributed by atoms with Crippen LogP contribution in [0.1, 0.15) is 73.1 Å². The summed E-state index contributed by atoms with van der Waals surface area (Å²) in [4.78, 5) is 33.1. The molecule has 9 heteroatoms. The van der Waals surface area contributed by atoms with Crippen molar-refractivity contribution in [3.05, 3.63) is 76.3 Å². The van der Waals surface area contributed by atoms with Gasteiger partial charge in [0.1, 0.15) is 29.2 Å². The second-order valence-corrected chi connectivity index (χ2v) is 10.2. The lowest BCUT2D eigenvalue weighted by molar-refractivity contribution is 0.0967. The largest absolute Gasteiger partial charge is 0.360 e. The number of aromatic nitrogens is 5. The van der Waals surface area contributed by atoms with E-state index in [2.05, 4.69) is 64.1 Å². The Morgan fingerprint density at radius 2 is 2.03 bits per heavy atom. The minimum Gasteiger partial charge on any atom is -0.360 e. The van der Waals surface area contributed by atoms with Crippen molar-refractivity contribution in [3.63, 3.8) is 0 Å². The van der Waals surface area contributed by atoms with E-state index in [1.54, 1.807) is 12.4 Å². The highest BCUT2D eigenvalue weighted by molar-refractivity contribution is 6.35. The van der Waals surface area contributed by atoms with Crippen molar-refractivity contribution in [2.75, 3.05) is 0 Å². The molecule has 4 aromatic rings. The number of nitrogens with zero attached hydrogens (tertiary/aromatic N) is 5. The average Bonchev–Trinajstić information content (AvgIpc) is 3.58. The number of aliphatic imine (C=N–C) groups is 1. The molecule has 0 unspecified atom stereocenters. The van der Waals surface area contributed by atoms with E-state index in [-0.39, 0.29) is 34.3 Å². The molecule has 1 atom stereocenters. The van der Waals surface area contributed by atoms with Gasteiger partial charge in [-0.25, -0.2) is 15.0 Å². The average molecular weight is 489 g/mol. The molecule has 0 radical (unpaired) electrons. The first-order valence-electron chi connectivity index (χ1n) is 11.4. The van der Waals surface area contributed by atoms with Crippen molar-refractivity contribution in [3.8, 4) is 11.5 Å². The van der Waals surface area contributed by atoms with E-state index in [1.807, 2.05) is 13.0 Å². The maximum atomic E-state index is 13.0. The van der Waals surface area contributed by atoms with Crippen LogP contribution in [0.2, 0.25) is 5.02 Å². The van der Waals surface area contributed by atoms with Crippen molar-refractivity contribution in [2.24, 2.45) is 4.99 Å². The predicted molar refractivity (Wildman–Crippen MR) is 134 cm³/mol. The molecule has 35 heavy (non-hydrogen) atoms. The van der Waals surface area contributed by atoms with E-state index in [9.17, 15) is 4.79 Å². The summed E-state index contributed by atoms with van der Waals surface area (Å²) in [6, 6.07) is 8.27. The molecule has 0 spiro atoms. The van der Waals surface area contributed by atoms with Crippen LogP contribution in [-0.4, -0.2) is 36.6 Å².